The smallest absolute Gasteiger partial charge is 0.222 e. The number of ether oxygens (including phenoxy) is 2. The molecule has 1 saturated heterocycles. The highest BCUT2D eigenvalue weighted by molar-refractivity contribution is 7.88. The van der Waals surface area contributed by atoms with Crippen molar-refractivity contribution in [3.05, 3.63) is 35.4 Å². The van der Waals surface area contributed by atoms with Crippen molar-refractivity contribution in [2.24, 2.45) is 5.73 Å². The summed E-state index contributed by atoms with van der Waals surface area (Å²) in [4.78, 5) is 12.0. The number of amides is 1. The van der Waals surface area contributed by atoms with Crippen LogP contribution in [0.2, 0.25) is 0 Å². The van der Waals surface area contributed by atoms with Gasteiger partial charge in [0.2, 0.25) is 15.9 Å². The molecular formula is C17H27N3O5S. The van der Waals surface area contributed by atoms with Crippen LogP contribution in [0.5, 0.6) is 0 Å². The van der Waals surface area contributed by atoms with E-state index in [1.807, 2.05) is 12.1 Å². The minimum absolute atomic E-state index is 0.0947. The largest absolute Gasteiger partial charge is 0.380 e. The second kappa shape index (κ2) is 9.98. The first kappa shape index (κ1) is 20.8. The maximum absolute atomic E-state index is 12.6. The van der Waals surface area contributed by atoms with E-state index in [4.69, 9.17) is 15.2 Å². The summed E-state index contributed by atoms with van der Waals surface area (Å²) in [6.07, 6.45) is -0.159. The molecule has 3 N–H and O–H groups in total. The second-order valence-corrected chi connectivity index (χ2v) is 8.08. The molecule has 1 heterocycles. The van der Waals surface area contributed by atoms with Gasteiger partial charge in [-0.05, 0) is 11.1 Å². The molecule has 1 atom stereocenters. The van der Waals surface area contributed by atoms with Crippen molar-refractivity contribution in [3.8, 4) is 0 Å². The Morgan fingerprint density at radius 1 is 1.31 bits per heavy atom. The number of hydrogen-bond acceptors (Lipinski definition) is 6. The Balaban J connectivity index is 2.00. The van der Waals surface area contributed by atoms with Gasteiger partial charge in [-0.2, -0.15) is 4.31 Å². The second-order valence-electron chi connectivity index (χ2n) is 6.11. The van der Waals surface area contributed by atoms with Crippen LogP contribution >= 0.6 is 0 Å². The minimum atomic E-state index is -3.42. The molecule has 26 heavy (non-hydrogen) atoms. The molecular weight excluding hydrogens is 358 g/mol. The lowest BCUT2D eigenvalue weighted by Crippen LogP contribution is -2.41. The molecule has 1 aromatic carbocycles. The summed E-state index contributed by atoms with van der Waals surface area (Å²) in [7, 11) is -1.91. The van der Waals surface area contributed by atoms with E-state index in [-0.39, 0.29) is 37.3 Å². The topological polar surface area (TPSA) is 111 Å². The van der Waals surface area contributed by atoms with E-state index < -0.39 is 10.0 Å². The van der Waals surface area contributed by atoms with E-state index in [0.717, 1.165) is 5.56 Å². The van der Waals surface area contributed by atoms with E-state index in [0.29, 0.717) is 31.9 Å². The summed E-state index contributed by atoms with van der Waals surface area (Å²) in [6.45, 7) is 2.10. The molecule has 2 rings (SSSR count). The third-order valence-electron chi connectivity index (χ3n) is 4.31. The molecule has 1 amide bonds. The summed E-state index contributed by atoms with van der Waals surface area (Å²) in [6, 6.07) is 7.22. The van der Waals surface area contributed by atoms with Crippen LogP contribution in [0.3, 0.4) is 0 Å². The Hall–Kier alpha value is -1.52. The van der Waals surface area contributed by atoms with Crippen molar-refractivity contribution < 1.29 is 22.7 Å². The molecule has 1 aliphatic heterocycles. The van der Waals surface area contributed by atoms with Crippen LogP contribution in [-0.4, -0.2) is 64.7 Å². The fraction of sp³-hybridized carbons (Fsp3) is 0.588. The number of carbonyl (C=O) groups excluding carboxylic acids is 1. The fourth-order valence-electron chi connectivity index (χ4n) is 2.72. The standard InChI is InChI=1S/C17H27N3O5S/c1-24-16(11-18)10-17(21)19-12-14-4-2-3-5-15(14)13-26(22,23)20-6-8-25-9-7-20/h2-5,16H,6-13,18H2,1H3,(H,19,21). The van der Waals surface area contributed by atoms with E-state index in [2.05, 4.69) is 5.32 Å². The number of nitrogens with one attached hydrogen (secondary N) is 1. The highest BCUT2D eigenvalue weighted by Crippen LogP contribution is 2.16. The fourth-order valence-corrected chi connectivity index (χ4v) is 4.28. The van der Waals surface area contributed by atoms with Gasteiger partial charge in [0, 0.05) is 33.3 Å². The molecule has 0 bridgehead atoms. The predicted octanol–water partition coefficient (Wildman–Crippen LogP) is -0.171. The number of nitrogens with zero attached hydrogens (tertiary/aromatic N) is 1. The molecule has 1 aliphatic rings. The van der Waals surface area contributed by atoms with Crippen molar-refractivity contribution in [2.75, 3.05) is 40.0 Å². The summed E-state index contributed by atoms with van der Waals surface area (Å²) >= 11 is 0. The molecule has 9 heteroatoms. The van der Waals surface area contributed by atoms with Gasteiger partial charge in [-0.15, -0.1) is 0 Å². The van der Waals surface area contributed by atoms with Crippen molar-refractivity contribution in [3.63, 3.8) is 0 Å². The van der Waals surface area contributed by atoms with Crippen LogP contribution in [0, 0.1) is 0 Å². The Morgan fingerprint density at radius 3 is 2.58 bits per heavy atom. The van der Waals surface area contributed by atoms with Crippen molar-refractivity contribution >= 4 is 15.9 Å². The Labute approximate surface area is 154 Å². The number of methoxy groups -OCH3 is 1. The van der Waals surface area contributed by atoms with E-state index in [9.17, 15) is 13.2 Å². The molecule has 0 aliphatic carbocycles. The molecule has 0 spiro atoms. The Bertz CT molecular complexity index is 685. The zero-order valence-corrected chi connectivity index (χ0v) is 15.8. The van der Waals surface area contributed by atoms with Gasteiger partial charge in [0.15, 0.2) is 0 Å². The first-order valence-electron chi connectivity index (χ1n) is 8.58. The van der Waals surface area contributed by atoms with Crippen LogP contribution in [-0.2, 0) is 36.6 Å². The first-order valence-corrected chi connectivity index (χ1v) is 10.2. The Morgan fingerprint density at radius 2 is 1.96 bits per heavy atom. The average molecular weight is 385 g/mol. The molecule has 0 aromatic heterocycles. The van der Waals surface area contributed by atoms with Crippen LogP contribution in [0.4, 0.5) is 0 Å². The number of sulfonamides is 1. The third-order valence-corrected chi connectivity index (χ3v) is 6.13. The van der Waals surface area contributed by atoms with Crippen LogP contribution in [0.15, 0.2) is 24.3 Å². The number of rotatable bonds is 9. The van der Waals surface area contributed by atoms with Gasteiger partial charge in [-0.1, -0.05) is 24.3 Å². The zero-order valence-electron chi connectivity index (χ0n) is 15.0. The molecule has 1 aromatic rings. The molecule has 146 valence electrons. The molecule has 0 radical (unpaired) electrons. The van der Waals surface area contributed by atoms with Gasteiger partial charge < -0.3 is 20.5 Å². The normalized spacial score (nSPS) is 17.0. The van der Waals surface area contributed by atoms with E-state index >= 15 is 0 Å². The predicted molar refractivity (Wildman–Crippen MR) is 97.8 cm³/mol. The first-order chi connectivity index (χ1) is 12.5. The van der Waals surface area contributed by atoms with Gasteiger partial charge in [0.05, 0.1) is 31.5 Å². The van der Waals surface area contributed by atoms with Gasteiger partial charge in [-0.3, -0.25) is 4.79 Å². The Kier molecular flexibility index (Phi) is 7.98. The van der Waals surface area contributed by atoms with Gasteiger partial charge in [0.1, 0.15) is 0 Å². The number of nitrogens with two attached hydrogens (primary N) is 1. The molecule has 1 unspecified atom stereocenters. The number of benzene rings is 1. The van der Waals surface area contributed by atoms with E-state index in [1.54, 1.807) is 12.1 Å². The maximum Gasteiger partial charge on any atom is 0.222 e. The van der Waals surface area contributed by atoms with Crippen LogP contribution in [0.1, 0.15) is 17.5 Å². The van der Waals surface area contributed by atoms with Crippen LogP contribution < -0.4 is 11.1 Å². The summed E-state index contributed by atoms with van der Waals surface area (Å²) < 4.78 is 37.0. The number of hydrogen-bond donors (Lipinski definition) is 2. The van der Waals surface area contributed by atoms with Crippen LogP contribution in [0.25, 0.3) is 0 Å². The lowest BCUT2D eigenvalue weighted by molar-refractivity contribution is -0.123. The monoisotopic (exact) mass is 385 g/mol. The lowest BCUT2D eigenvalue weighted by atomic mass is 10.1. The SMILES string of the molecule is COC(CN)CC(=O)NCc1ccccc1CS(=O)(=O)N1CCOCC1. The summed E-state index contributed by atoms with van der Waals surface area (Å²) in [5.41, 5.74) is 6.98. The quantitative estimate of drug-likeness (QED) is 0.610. The zero-order chi connectivity index (χ0) is 19.0. The highest BCUT2D eigenvalue weighted by atomic mass is 32.2. The molecule has 8 nitrogen and oxygen atoms in total. The number of carbonyl (C=O) groups is 1. The molecule has 1 fully saturated rings. The third kappa shape index (κ3) is 6.03. The van der Waals surface area contributed by atoms with Gasteiger partial charge in [0.25, 0.3) is 0 Å². The van der Waals surface area contributed by atoms with Crippen molar-refractivity contribution in [1.82, 2.24) is 9.62 Å². The summed E-state index contributed by atoms with van der Waals surface area (Å²) in [5, 5.41) is 2.80. The van der Waals surface area contributed by atoms with Crippen molar-refractivity contribution in [1.29, 1.82) is 0 Å². The van der Waals surface area contributed by atoms with E-state index in [1.165, 1.54) is 11.4 Å². The molecule has 0 saturated carbocycles. The lowest BCUT2D eigenvalue weighted by Gasteiger charge is -2.26. The van der Waals surface area contributed by atoms with Gasteiger partial charge >= 0.3 is 0 Å². The highest BCUT2D eigenvalue weighted by Gasteiger charge is 2.25. The maximum atomic E-state index is 12.6. The van der Waals surface area contributed by atoms with Gasteiger partial charge in [-0.25, -0.2) is 8.42 Å². The minimum Gasteiger partial charge on any atom is -0.380 e. The number of morpholine rings is 1. The summed E-state index contributed by atoms with van der Waals surface area (Å²) in [5.74, 6) is -0.282. The average Bonchev–Trinajstić information content (AvgIpc) is 2.66. The van der Waals surface area contributed by atoms with Crippen molar-refractivity contribution in [2.45, 2.75) is 24.8 Å².